The molecule has 0 aliphatic carbocycles. The summed E-state index contributed by atoms with van der Waals surface area (Å²) in [6.45, 7) is 2.60. The van der Waals surface area contributed by atoms with E-state index in [4.69, 9.17) is 26.8 Å². The minimum atomic E-state index is 0. The molecule has 0 radical (unpaired) electrons. The van der Waals surface area contributed by atoms with Crippen molar-refractivity contribution in [3.63, 3.8) is 0 Å². The van der Waals surface area contributed by atoms with Crippen molar-refractivity contribution in [1.29, 1.82) is 0 Å². The van der Waals surface area contributed by atoms with Gasteiger partial charge >= 0.3 is 0 Å². The zero-order valence-electron chi connectivity index (χ0n) is 14.4. The maximum atomic E-state index is 6.37. The van der Waals surface area contributed by atoms with Crippen LogP contribution in [0.3, 0.4) is 0 Å². The van der Waals surface area contributed by atoms with Gasteiger partial charge < -0.3 is 15.2 Å². The molecule has 2 aromatic carbocycles. The molecule has 6 heteroatoms. The molecule has 1 aliphatic heterocycles. The van der Waals surface area contributed by atoms with Crippen LogP contribution in [-0.4, -0.2) is 38.3 Å². The fourth-order valence-electron chi connectivity index (χ4n) is 3.42. The highest BCUT2D eigenvalue weighted by molar-refractivity contribution is 6.32. The Bertz CT molecular complexity index is 697. The molecule has 2 N–H and O–H groups in total. The molecule has 1 saturated heterocycles. The molecule has 0 unspecified atom stereocenters. The van der Waals surface area contributed by atoms with E-state index in [-0.39, 0.29) is 18.4 Å². The van der Waals surface area contributed by atoms with E-state index in [9.17, 15) is 0 Å². The highest BCUT2D eigenvalue weighted by atomic mass is 35.5. The topological polar surface area (TPSA) is 47.7 Å². The second kappa shape index (κ2) is 8.77. The van der Waals surface area contributed by atoms with Crippen molar-refractivity contribution in [3.8, 4) is 11.5 Å². The van der Waals surface area contributed by atoms with Crippen LogP contribution in [0.15, 0.2) is 42.5 Å². The number of ether oxygens (including phenoxy) is 2. The lowest BCUT2D eigenvalue weighted by Gasteiger charge is -2.18. The van der Waals surface area contributed by atoms with Crippen molar-refractivity contribution in [2.75, 3.05) is 27.3 Å². The van der Waals surface area contributed by atoms with Gasteiger partial charge in [0.15, 0.2) is 11.5 Å². The van der Waals surface area contributed by atoms with E-state index in [2.05, 4.69) is 29.2 Å². The average Bonchev–Trinajstić information content (AvgIpc) is 2.95. The van der Waals surface area contributed by atoms with E-state index >= 15 is 0 Å². The Morgan fingerprint density at radius 2 is 1.84 bits per heavy atom. The van der Waals surface area contributed by atoms with Gasteiger partial charge in [-0.25, -0.2) is 0 Å². The summed E-state index contributed by atoms with van der Waals surface area (Å²) in [7, 11) is 3.21. The maximum Gasteiger partial charge on any atom is 0.179 e. The fourth-order valence-corrected chi connectivity index (χ4v) is 3.73. The van der Waals surface area contributed by atoms with Crippen LogP contribution >= 0.6 is 24.0 Å². The smallest absolute Gasteiger partial charge is 0.179 e. The first-order valence-electron chi connectivity index (χ1n) is 8.05. The van der Waals surface area contributed by atoms with Gasteiger partial charge in [-0.15, -0.1) is 12.4 Å². The molecule has 1 fully saturated rings. The molecule has 4 nitrogen and oxygen atoms in total. The van der Waals surface area contributed by atoms with Crippen molar-refractivity contribution in [2.45, 2.75) is 18.5 Å². The summed E-state index contributed by atoms with van der Waals surface area (Å²) < 4.78 is 10.7. The average molecular weight is 383 g/mol. The van der Waals surface area contributed by atoms with Crippen LogP contribution in [0.2, 0.25) is 5.02 Å². The highest BCUT2D eigenvalue weighted by Gasteiger charge is 2.31. The van der Waals surface area contributed by atoms with Crippen molar-refractivity contribution < 1.29 is 9.47 Å². The molecule has 0 saturated carbocycles. The van der Waals surface area contributed by atoms with Crippen molar-refractivity contribution in [2.24, 2.45) is 5.73 Å². The molecule has 3 rings (SSSR count). The number of nitrogens with two attached hydrogens (primary N) is 1. The number of rotatable bonds is 5. The lowest BCUT2D eigenvalue weighted by Crippen LogP contribution is -2.28. The Hall–Kier alpha value is -1.46. The van der Waals surface area contributed by atoms with Crippen molar-refractivity contribution in [1.82, 2.24) is 4.90 Å². The summed E-state index contributed by atoms with van der Waals surface area (Å²) in [5.74, 6) is 1.59. The zero-order chi connectivity index (χ0) is 17.1. The molecule has 0 amide bonds. The molecule has 0 aromatic heterocycles. The van der Waals surface area contributed by atoms with Gasteiger partial charge in [0, 0.05) is 31.6 Å². The summed E-state index contributed by atoms with van der Waals surface area (Å²) >= 11 is 6.30. The van der Waals surface area contributed by atoms with Gasteiger partial charge in [0.1, 0.15) is 0 Å². The highest BCUT2D eigenvalue weighted by Crippen LogP contribution is 2.37. The second-order valence-electron chi connectivity index (χ2n) is 6.19. The Morgan fingerprint density at radius 1 is 1.12 bits per heavy atom. The van der Waals surface area contributed by atoms with Crippen LogP contribution in [0.4, 0.5) is 0 Å². The molecule has 25 heavy (non-hydrogen) atoms. The van der Waals surface area contributed by atoms with Gasteiger partial charge in [-0.05, 0) is 23.3 Å². The van der Waals surface area contributed by atoms with Gasteiger partial charge in [0.2, 0.25) is 0 Å². The van der Waals surface area contributed by atoms with Crippen LogP contribution in [0, 0.1) is 0 Å². The molecule has 0 spiro atoms. The number of halogens is 2. The summed E-state index contributed by atoms with van der Waals surface area (Å²) in [6.07, 6.45) is 0. The molecule has 1 heterocycles. The first kappa shape index (κ1) is 19.9. The summed E-state index contributed by atoms with van der Waals surface area (Å²) in [5, 5.41) is 0.565. The van der Waals surface area contributed by atoms with Crippen LogP contribution in [0.5, 0.6) is 11.5 Å². The van der Waals surface area contributed by atoms with E-state index in [0.717, 1.165) is 25.2 Å². The number of hydrogen-bond donors (Lipinski definition) is 1. The van der Waals surface area contributed by atoms with E-state index in [1.807, 2.05) is 18.2 Å². The lowest BCUT2D eigenvalue weighted by molar-refractivity contribution is 0.321. The van der Waals surface area contributed by atoms with Gasteiger partial charge in [-0.1, -0.05) is 41.9 Å². The zero-order valence-corrected chi connectivity index (χ0v) is 16.0. The van der Waals surface area contributed by atoms with Gasteiger partial charge in [0.25, 0.3) is 0 Å². The normalized spacial score (nSPS) is 20.2. The van der Waals surface area contributed by atoms with Crippen LogP contribution in [0.1, 0.15) is 17.0 Å². The largest absolute Gasteiger partial charge is 0.493 e. The standard InChI is InChI=1S/C19H23ClN2O2.ClH/c1-23-18-9-13(8-16(20)19(18)24-2)10-22-11-15(17(21)12-22)14-6-4-3-5-7-14;/h3-9,15,17H,10-12,21H2,1-2H3;1H/t15-,17+;/m0./s1. The first-order chi connectivity index (χ1) is 11.6. The third-order valence-electron chi connectivity index (χ3n) is 4.57. The summed E-state index contributed by atoms with van der Waals surface area (Å²) in [6, 6.07) is 14.5. The predicted octanol–water partition coefficient (Wildman–Crippen LogP) is 3.71. The van der Waals surface area contributed by atoms with Gasteiger partial charge in [0.05, 0.1) is 19.2 Å². The van der Waals surface area contributed by atoms with E-state index in [0.29, 0.717) is 22.4 Å². The maximum absolute atomic E-state index is 6.37. The monoisotopic (exact) mass is 382 g/mol. The van der Waals surface area contributed by atoms with E-state index < -0.39 is 0 Å². The van der Waals surface area contributed by atoms with Crippen molar-refractivity contribution >= 4 is 24.0 Å². The summed E-state index contributed by atoms with van der Waals surface area (Å²) in [4.78, 5) is 2.36. The summed E-state index contributed by atoms with van der Waals surface area (Å²) in [5.41, 5.74) is 8.77. The third-order valence-corrected chi connectivity index (χ3v) is 4.85. The number of hydrogen-bond acceptors (Lipinski definition) is 4. The molecule has 1 aliphatic rings. The molecule has 2 atom stereocenters. The Kier molecular flexibility index (Phi) is 6.96. The number of nitrogens with zero attached hydrogens (tertiary/aromatic N) is 1. The van der Waals surface area contributed by atoms with E-state index in [1.54, 1.807) is 14.2 Å². The van der Waals surface area contributed by atoms with Crippen LogP contribution in [-0.2, 0) is 6.54 Å². The van der Waals surface area contributed by atoms with Crippen LogP contribution in [0.25, 0.3) is 0 Å². The van der Waals surface area contributed by atoms with Crippen molar-refractivity contribution in [3.05, 3.63) is 58.6 Å². The Balaban J connectivity index is 0.00000225. The lowest BCUT2D eigenvalue weighted by atomic mass is 9.95. The van der Waals surface area contributed by atoms with Gasteiger partial charge in [-0.3, -0.25) is 4.90 Å². The molecule has 136 valence electrons. The minimum absolute atomic E-state index is 0. The Morgan fingerprint density at radius 3 is 2.48 bits per heavy atom. The predicted molar refractivity (Wildman–Crippen MR) is 104 cm³/mol. The van der Waals surface area contributed by atoms with Crippen LogP contribution < -0.4 is 15.2 Å². The van der Waals surface area contributed by atoms with Gasteiger partial charge in [-0.2, -0.15) is 0 Å². The quantitative estimate of drug-likeness (QED) is 0.855. The molecular weight excluding hydrogens is 359 g/mol. The fraction of sp³-hybridized carbons (Fsp3) is 0.368. The third kappa shape index (κ3) is 4.39. The second-order valence-corrected chi connectivity index (χ2v) is 6.60. The molecule has 2 aromatic rings. The Labute approximate surface area is 160 Å². The number of likely N-dealkylation sites (tertiary alicyclic amines) is 1. The van der Waals surface area contributed by atoms with E-state index in [1.165, 1.54) is 5.56 Å². The first-order valence-corrected chi connectivity index (χ1v) is 8.43. The number of benzene rings is 2. The molecular formula is C19H24Cl2N2O2. The molecule has 0 bridgehead atoms. The number of methoxy groups -OCH3 is 2. The SMILES string of the molecule is COc1cc(CN2C[C@@H](N)[C@H](c3ccccc3)C2)cc(Cl)c1OC.Cl. The minimum Gasteiger partial charge on any atom is -0.493 e.